The molecule has 0 radical (unpaired) electrons. The van der Waals surface area contributed by atoms with Crippen molar-refractivity contribution < 1.29 is 13.9 Å². The van der Waals surface area contributed by atoms with Crippen molar-refractivity contribution in [2.24, 2.45) is 5.10 Å². The lowest BCUT2D eigenvalue weighted by Crippen LogP contribution is -2.25. The lowest BCUT2D eigenvalue weighted by atomic mass is 10.2. The predicted octanol–water partition coefficient (Wildman–Crippen LogP) is 6.99. The number of nitrogens with zero attached hydrogens (tertiary/aromatic N) is 3. The summed E-state index contributed by atoms with van der Waals surface area (Å²) in [5.74, 6) is -0.0548. The predicted molar refractivity (Wildman–Crippen MR) is 134 cm³/mol. The van der Waals surface area contributed by atoms with Crippen molar-refractivity contribution in [2.75, 3.05) is 12.1 Å². The van der Waals surface area contributed by atoms with Gasteiger partial charge in [-0.25, -0.2) is 9.37 Å². The number of methoxy groups -OCH3 is 1. The van der Waals surface area contributed by atoms with Gasteiger partial charge in [0.1, 0.15) is 16.4 Å². The first kappa shape index (κ1) is 21.5. The fourth-order valence-electron chi connectivity index (χ4n) is 3.22. The Balaban J connectivity index is 1.60. The molecular weight excluding hydrogens is 481 g/mol. The van der Waals surface area contributed by atoms with Crippen molar-refractivity contribution in [1.29, 1.82) is 0 Å². The molecule has 5 aromatic rings. The number of rotatable bonds is 5. The van der Waals surface area contributed by atoms with Crippen LogP contribution < -0.4 is 9.75 Å². The van der Waals surface area contributed by atoms with Gasteiger partial charge in [-0.05, 0) is 42.0 Å². The van der Waals surface area contributed by atoms with E-state index < -0.39 is 5.91 Å². The van der Waals surface area contributed by atoms with Crippen molar-refractivity contribution in [3.05, 3.63) is 88.0 Å². The number of ether oxygens (including phenoxy) is 1. The van der Waals surface area contributed by atoms with E-state index in [0.29, 0.717) is 31.9 Å². The van der Waals surface area contributed by atoms with Crippen LogP contribution in [0, 0.1) is 5.82 Å². The van der Waals surface area contributed by atoms with Crippen LogP contribution in [0.15, 0.2) is 71.8 Å². The summed E-state index contributed by atoms with van der Waals surface area (Å²) >= 11 is 9.18. The topological polar surface area (TPSA) is 54.8 Å². The highest BCUT2D eigenvalue weighted by Crippen LogP contribution is 2.38. The number of carbonyl (C=O) groups excluding carboxylic acids is 1. The monoisotopic (exact) mass is 495 g/mol. The minimum absolute atomic E-state index is 0.350. The Morgan fingerprint density at radius 1 is 1.09 bits per heavy atom. The molecule has 0 saturated carbocycles. The minimum atomic E-state index is -0.398. The molecule has 1 amide bonds. The Labute approximate surface area is 201 Å². The van der Waals surface area contributed by atoms with E-state index in [0.717, 1.165) is 14.8 Å². The molecule has 5 rings (SSSR count). The molecule has 9 heteroatoms. The minimum Gasteiger partial charge on any atom is -0.497 e. The van der Waals surface area contributed by atoms with Crippen molar-refractivity contribution >= 4 is 71.8 Å². The van der Waals surface area contributed by atoms with Gasteiger partial charge in [0, 0.05) is 10.1 Å². The molecule has 3 aromatic carbocycles. The second kappa shape index (κ2) is 8.90. The third kappa shape index (κ3) is 4.20. The van der Waals surface area contributed by atoms with Crippen LogP contribution in [-0.2, 0) is 0 Å². The van der Waals surface area contributed by atoms with Gasteiger partial charge in [0.05, 0.1) is 28.6 Å². The van der Waals surface area contributed by atoms with E-state index in [1.54, 1.807) is 19.2 Å². The summed E-state index contributed by atoms with van der Waals surface area (Å²) < 4.78 is 20.3. The zero-order valence-electron chi connectivity index (χ0n) is 17.2. The number of thiophene rings is 1. The van der Waals surface area contributed by atoms with Crippen molar-refractivity contribution in [2.45, 2.75) is 0 Å². The molecule has 0 atom stereocenters. The van der Waals surface area contributed by atoms with E-state index in [1.165, 1.54) is 46.0 Å². The highest BCUT2D eigenvalue weighted by Gasteiger charge is 2.26. The van der Waals surface area contributed by atoms with E-state index in [2.05, 4.69) is 10.1 Å². The zero-order chi connectivity index (χ0) is 22.9. The summed E-state index contributed by atoms with van der Waals surface area (Å²) in [6.45, 7) is 0. The van der Waals surface area contributed by atoms with Crippen LogP contribution in [0.2, 0.25) is 5.02 Å². The summed E-state index contributed by atoms with van der Waals surface area (Å²) in [7, 11) is 1.59. The molecule has 0 aliphatic heterocycles. The van der Waals surface area contributed by atoms with Gasteiger partial charge >= 0.3 is 0 Å². The molecule has 0 N–H and O–H groups in total. The Bertz CT molecular complexity index is 1510. The molecule has 0 fully saturated rings. The quantitative estimate of drug-likeness (QED) is 0.195. The third-order valence-electron chi connectivity index (χ3n) is 4.88. The first-order chi connectivity index (χ1) is 16.0. The van der Waals surface area contributed by atoms with Gasteiger partial charge in [-0.2, -0.15) is 10.1 Å². The smallest absolute Gasteiger partial charge is 0.292 e. The van der Waals surface area contributed by atoms with Gasteiger partial charge in [0.2, 0.25) is 5.13 Å². The Hall–Kier alpha value is -3.33. The van der Waals surface area contributed by atoms with Crippen LogP contribution in [-0.4, -0.2) is 24.2 Å². The summed E-state index contributed by atoms with van der Waals surface area (Å²) in [4.78, 5) is 18.6. The molecule has 2 aromatic heterocycles. The lowest BCUT2D eigenvalue weighted by molar-refractivity contribution is 0.0992. The molecule has 164 valence electrons. The first-order valence-electron chi connectivity index (χ1n) is 9.79. The molecule has 5 nitrogen and oxygen atoms in total. The van der Waals surface area contributed by atoms with Crippen LogP contribution in [0.5, 0.6) is 5.75 Å². The Morgan fingerprint density at radius 2 is 1.88 bits per heavy atom. The van der Waals surface area contributed by atoms with Gasteiger partial charge < -0.3 is 4.74 Å². The SMILES string of the molecule is COc1ccc2nc(N(/N=C/c3ccc(F)cc3)C(=O)c3sc4ccccc4c3Cl)sc2c1. The molecule has 0 saturated heterocycles. The van der Waals surface area contributed by atoms with Gasteiger partial charge in [-0.15, -0.1) is 11.3 Å². The summed E-state index contributed by atoms with van der Waals surface area (Å²) in [6.07, 6.45) is 1.49. The number of hydrazone groups is 1. The molecule has 0 bridgehead atoms. The Morgan fingerprint density at radius 3 is 2.64 bits per heavy atom. The van der Waals surface area contributed by atoms with Gasteiger partial charge in [-0.1, -0.05) is 53.3 Å². The maximum atomic E-state index is 13.6. The largest absolute Gasteiger partial charge is 0.497 e. The van der Waals surface area contributed by atoms with E-state index in [4.69, 9.17) is 16.3 Å². The molecule has 33 heavy (non-hydrogen) atoms. The van der Waals surface area contributed by atoms with Crippen molar-refractivity contribution in [3.8, 4) is 5.75 Å². The van der Waals surface area contributed by atoms with E-state index >= 15 is 0 Å². The number of thiazole rings is 1. The van der Waals surface area contributed by atoms with Crippen LogP contribution >= 0.6 is 34.3 Å². The average Bonchev–Trinajstić information content (AvgIpc) is 3.41. The standard InChI is InChI=1S/C24H15ClFN3O2S2/c1-31-16-10-11-18-20(12-16)33-24(28-18)29(27-13-14-6-8-15(26)9-7-14)23(30)22-21(25)17-4-2-3-5-19(17)32-22/h2-13H,1H3/b27-13+. The van der Waals surface area contributed by atoms with Gasteiger partial charge in [-0.3, -0.25) is 4.79 Å². The Kier molecular flexibility index (Phi) is 5.80. The van der Waals surface area contributed by atoms with Crippen LogP contribution in [0.4, 0.5) is 9.52 Å². The number of hydrogen-bond donors (Lipinski definition) is 0. The lowest BCUT2D eigenvalue weighted by Gasteiger charge is -2.13. The summed E-state index contributed by atoms with van der Waals surface area (Å²) in [6, 6.07) is 18.9. The van der Waals surface area contributed by atoms with Crippen LogP contribution in [0.1, 0.15) is 15.2 Å². The fraction of sp³-hybridized carbons (Fsp3) is 0.0417. The number of fused-ring (bicyclic) bond motifs is 2. The van der Waals surface area contributed by atoms with E-state index in [9.17, 15) is 9.18 Å². The van der Waals surface area contributed by atoms with Crippen LogP contribution in [0.3, 0.4) is 0 Å². The van der Waals surface area contributed by atoms with Crippen LogP contribution in [0.25, 0.3) is 20.3 Å². The number of carbonyl (C=O) groups is 1. The number of halogens is 2. The van der Waals surface area contributed by atoms with Crippen molar-refractivity contribution in [1.82, 2.24) is 4.98 Å². The van der Waals surface area contributed by atoms with E-state index in [-0.39, 0.29) is 5.82 Å². The number of amides is 1. The molecule has 0 aliphatic carbocycles. The molecule has 0 spiro atoms. The van der Waals surface area contributed by atoms with E-state index in [1.807, 2.05) is 42.5 Å². The second-order valence-corrected chi connectivity index (χ2v) is 9.42. The number of aromatic nitrogens is 1. The van der Waals surface area contributed by atoms with Crippen molar-refractivity contribution in [3.63, 3.8) is 0 Å². The molecule has 0 aliphatic rings. The number of anilines is 1. The number of hydrogen-bond acceptors (Lipinski definition) is 6. The average molecular weight is 496 g/mol. The highest BCUT2D eigenvalue weighted by molar-refractivity contribution is 7.23. The number of benzene rings is 3. The maximum absolute atomic E-state index is 13.6. The molecule has 2 heterocycles. The molecule has 0 unspecified atom stereocenters. The summed E-state index contributed by atoms with van der Waals surface area (Å²) in [5.41, 5.74) is 1.35. The first-order valence-corrected chi connectivity index (χ1v) is 11.8. The normalized spacial score (nSPS) is 11.5. The highest BCUT2D eigenvalue weighted by atomic mass is 35.5. The van der Waals surface area contributed by atoms with Gasteiger partial charge in [0.15, 0.2) is 0 Å². The zero-order valence-corrected chi connectivity index (χ0v) is 19.5. The third-order valence-corrected chi connectivity index (χ3v) is 7.54. The maximum Gasteiger partial charge on any atom is 0.292 e. The summed E-state index contributed by atoms with van der Waals surface area (Å²) in [5, 5.41) is 7.23. The molecular formula is C24H15ClFN3O2S2. The van der Waals surface area contributed by atoms with Gasteiger partial charge in [0.25, 0.3) is 5.91 Å². The second-order valence-electron chi connectivity index (χ2n) is 6.98. The fourth-order valence-corrected chi connectivity index (χ4v) is 5.61.